The van der Waals surface area contributed by atoms with Gasteiger partial charge in [-0.15, -0.1) is 5.10 Å². The third kappa shape index (κ3) is 3.65. The number of aliphatic carboxylic acids is 1. The van der Waals surface area contributed by atoms with Crippen molar-refractivity contribution in [2.24, 2.45) is 0 Å². The van der Waals surface area contributed by atoms with Crippen LogP contribution in [-0.4, -0.2) is 38.0 Å². The van der Waals surface area contributed by atoms with Gasteiger partial charge in [0.05, 0.1) is 11.9 Å². The first kappa shape index (κ1) is 14.7. The highest BCUT2D eigenvalue weighted by Gasteiger charge is 2.21. The van der Waals surface area contributed by atoms with Crippen LogP contribution in [0.2, 0.25) is 0 Å². The molecule has 0 saturated heterocycles. The molecular formula is C14H16N4O3. The van der Waals surface area contributed by atoms with Crippen molar-refractivity contribution >= 4 is 11.9 Å². The van der Waals surface area contributed by atoms with Crippen LogP contribution >= 0.6 is 0 Å². The Morgan fingerprint density at radius 2 is 2.05 bits per heavy atom. The minimum Gasteiger partial charge on any atom is -0.480 e. The number of carboxylic acid groups (broad SMARTS) is 1. The molecule has 0 aliphatic heterocycles. The Morgan fingerprint density at radius 1 is 1.33 bits per heavy atom. The largest absolute Gasteiger partial charge is 0.480 e. The number of rotatable bonds is 6. The van der Waals surface area contributed by atoms with Crippen LogP contribution in [-0.2, 0) is 4.79 Å². The zero-order valence-electron chi connectivity index (χ0n) is 11.6. The maximum absolute atomic E-state index is 12.0. The van der Waals surface area contributed by atoms with Crippen molar-refractivity contribution in [1.82, 2.24) is 20.3 Å². The van der Waals surface area contributed by atoms with Crippen LogP contribution in [0.15, 0.2) is 36.5 Å². The lowest BCUT2D eigenvalue weighted by Gasteiger charge is -2.11. The topological polar surface area (TPSA) is 97.1 Å². The monoisotopic (exact) mass is 288 g/mol. The van der Waals surface area contributed by atoms with Gasteiger partial charge in [-0.3, -0.25) is 4.79 Å². The number of aromatic nitrogens is 3. The number of hydrogen-bond donors (Lipinski definition) is 2. The Morgan fingerprint density at radius 3 is 2.67 bits per heavy atom. The smallest absolute Gasteiger partial charge is 0.326 e. The fraction of sp³-hybridized carbons (Fsp3) is 0.286. The molecule has 0 aliphatic rings. The molecule has 1 amide bonds. The van der Waals surface area contributed by atoms with Gasteiger partial charge >= 0.3 is 5.97 Å². The quantitative estimate of drug-likeness (QED) is 0.833. The van der Waals surface area contributed by atoms with E-state index in [9.17, 15) is 9.59 Å². The first-order chi connectivity index (χ1) is 10.1. The van der Waals surface area contributed by atoms with Gasteiger partial charge in [0, 0.05) is 0 Å². The van der Waals surface area contributed by atoms with Crippen LogP contribution in [0.3, 0.4) is 0 Å². The van der Waals surface area contributed by atoms with E-state index in [1.807, 2.05) is 37.3 Å². The zero-order valence-corrected chi connectivity index (χ0v) is 11.6. The molecule has 21 heavy (non-hydrogen) atoms. The fourth-order valence-electron chi connectivity index (χ4n) is 1.85. The van der Waals surface area contributed by atoms with E-state index in [2.05, 4.69) is 15.6 Å². The highest BCUT2D eigenvalue weighted by Crippen LogP contribution is 2.06. The summed E-state index contributed by atoms with van der Waals surface area (Å²) in [7, 11) is 0. The average molecular weight is 288 g/mol. The second kappa shape index (κ2) is 6.65. The summed E-state index contributed by atoms with van der Waals surface area (Å²) in [6.45, 7) is 1.85. The van der Waals surface area contributed by atoms with Gasteiger partial charge in [0.2, 0.25) is 0 Å². The van der Waals surface area contributed by atoms with Gasteiger partial charge in [-0.05, 0) is 18.6 Å². The van der Waals surface area contributed by atoms with Crippen molar-refractivity contribution in [2.45, 2.75) is 25.8 Å². The number of nitrogens with one attached hydrogen (secondary N) is 1. The summed E-state index contributed by atoms with van der Waals surface area (Å²) in [6.07, 6.45) is 2.50. The van der Waals surface area contributed by atoms with Gasteiger partial charge in [-0.25, -0.2) is 9.48 Å². The summed E-state index contributed by atoms with van der Waals surface area (Å²) in [5.41, 5.74) is 0.855. The highest BCUT2D eigenvalue weighted by atomic mass is 16.4. The standard InChI is InChI=1S/C14H16N4O3/c1-2-6-11(14(20)21)15-13(19)12-9-18(17-16-12)10-7-4-3-5-8-10/h3-5,7-9,11H,2,6H2,1H3,(H,15,19)(H,20,21)/t11-/m0/s1. The van der Waals surface area contributed by atoms with E-state index >= 15 is 0 Å². The molecule has 7 nitrogen and oxygen atoms in total. The molecule has 2 rings (SSSR count). The van der Waals surface area contributed by atoms with Crippen molar-refractivity contribution in [3.8, 4) is 5.69 Å². The molecule has 0 spiro atoms. The summed E-state index contributed by atoms with van der Waals surface area (Å²) >= 11 is 0. The van der Waals surface area contributed by atoms with Gasteiger partial charge in [0.15, 0.2) is 5.69 Å². The van der Waals surface area contributed by atoms with Crippen LogP contribution in [0.25, 0.3) is 5.69 Å². The normalized spacial score (nSPS) is 11.9. The molecular weight excluding hydrogens is 272 g/mol. The lowest BCUT2D eigenvalue weighted by atomic mass is 10.1. The molecule has 2 aromatic rings. The number of carboxylic acids is 1. The van der Waals surface area contributed by atoms with E-state index in [1.54, 1.807) is 0 Å². The average Bonchev–Trinajstić information content (AvgIpc) is 2.97. The molecule has 1 aromatic carbocycles. The second-order valence-electron chi connectivity index (χ2n) is 4.54. The van der Waals surface area contributed by atoms with Gasteiger partial charge in [-0.2, -0.15) is 0 Å². The third-order valence-electron chi connectivity index (χ3n) is 2.93. The molecule has 2 N–H and O–H groups in total. The fourth-order valence-corrected chi connectivity index (χ4v) is 1.85. The van der Waals surface area contributed by atoms with Crippen LogP contribution in [0, 0.1) is 0 Å². The SMILES string of the molecule is CCC[C@H](NC(=O)c1cn(-c2ccccc2)nn1)C(=O)O. The molecule has 110 valence electrons. The van der Waals surface area contributed by atoms with Crippen LogP contribution in [0.4, 0.5) is 0 Å². The maximum atomic E-state index is 12.0. The van der Waals surface area contributed by atoms with E-state index < -0.39 is 17.9 Å². The number of hydrogen-bond acceptors (Lipinski definition) is 4. The van der Waals surface area contributed by atoms with Gasteiger partial charge in [0.1, 0.15) is 6.04 Å². The zero-order chi connectivity index (χ0) is 15.2. The number of amides is 1. The third-order valence-corrected chi connectivity index (χ3v) is 2.93. The first-order valence-corrected chi connectivity index (χ1v) is 6.63. The molecule has 0 radical (unpaired) electrons. The van der Waals surface area contributed by atoms with E-state index in [0.717, 1.165) is 5.69 Å². The highest BCUT2D eigenvalue weighted by molar-refractivity contribution is 5.94. The Balaban J connectivity index is 2.10. The molecule has 1 aromatic heterocycles. The number of nitrogens with zero attached hydrogens (tertiary/aromatic N) is 3. The predicted octanol–water partition coefficient (Wildman–Crippen LogP) is 1.25. The van der Waals surface area contributed by atoms with E-state index in [1.165, 1.54) is 10.9 Å². The van der Waals surface area contributed by atoms with Crippen molar-refractivity contribution in [2.75, 3.05) is 0 Å². The summed E-state index contributed by atoms with van der Waals surface area (Å²) in [5, 5.41) is 19.1. The molecule has 1 heterocycles. The Labute approximate surface area is 121 Å². The number of para-hydroxylation sites is 1. The first-order valence-electron chi connectivity index (χ1n) is 6.63. The van der Waals surface area contributed by atoms with E-state index in [-0.39, 0.29) is 5.69 Å². The Kier molecular flexibility index (Phi) is 4.65. The Bertz CT molecular complexity index is 624. The van der Waals surface area contributed by atoms with Crippen molar-refractivity contribution in [3.05, 3.63) is 42.2 Å². The maximum Gasteiger partial charge on any atom is 0.326 e. The molecule has 0 aliphatic carbocycles. The van der Waals surface area contributed by atoms with Crippen molar-refractivity contribution in [3.63, 3.8) is 0 Å². The Hall–Kier alpha value is -2.70. The molecule has 0 unspecified atom stereocenters. The van der Waals surface area contributed by atoms with E-state index in [4.69, 9.17) is 5.11 Å². The molecule has 0 fully saturated rings. The summed E-state index contributed by atoms with van der Waals surface area (Å²) in [6, 6.07) is 8.30. The molecule has 7 heteroatoms. The second-order valence-corrected chi connectivity index (χ2v) is 4.54. The minimum absolute atomic E-state index is 0.0845. The lowest BCUT2D eigenvalue weighted by Crippen LogP contribution is -2.40. The summed E-state index contributed by atoms with van der Waals surface area (Å²) in [5.74, 6) is -1.60. The summed E-state index contributed by atoms with van der Waals surface area (Å²) in [4.78, 5) is 23.0. The van der Waals surface area contributed by atoms with Gasteiger partial charge < -0.3 is 10.4 Å². The number of carbonyl (C=O) groups excluding carboxylic acids is 1. The number of benzene rings is 1. The minimum atomic E-state index is -1.05. The molecule has 0 saturated carbocycles. The van der Waals surface area contributed by atoms with Crippen LogP contribution < -0.4 is 5.32 Å². The lowest BCUT2D eigenvalue weighted by molar-refractivity contribution is -0.139. The van der Waals surface area contributed by atoms with E-state index in [0.29, 0.717) is 12.8 Å². The van der Waals surface area contributed by atoms with Crippen LogP contribution in [0.5, 0.6) is 0 Å². The molecule has 0 bridgehead atoms. The summed E-state index contributed by atoms with van der Waals surface area (Å²) < 4.78 is 1.46. The van der Waals surface area contributed by atoms with Gasteiger partial charge in [0.25, 0.3) is 5.91 Å². The van der Waals surface area contributed by atoms with Gasteiger partial charge in [-0.1, -0.05) is 36.8 Å². The van der Waals surface area contributed by atoms with Crippen molar-refractivity contribution < 1.29 is 14.7 Å². The molecule has 1 atom stereocenters. The van der Waals surface area contributed by atoms with Crippen LogP contribution in [0.1, 0.15) is 30.3 Å². The number of carbonyl (C=O) groups is 2. The predicted molar refractivity (Wildman–Crippen MR) is 75.2 cm³/mol. The van der Waals surface area contributed by atoms with Crippen molar-refractivity contribution in [1.29, 1.82) is 0 Å².